The largest absolute Gasteiger partial charge is 0.507 e. The molecule has 1 N–H and O–H groups in total. The molecule has 210 valence electrons. The number of phenols is 1. The summed E-state index contributed by atoms with van der Waals surface area (Å²) in [6.07, 6.45) is 0. The van der Waals surface area contributed by atoms with Crippen LogP contribution >= 0.6 is 0 Å². The first-order valence-corrected chi connectivity index (χ1v) is 14.5. The van der Waals surface area contributed by atoms with Crippen LogP contribution in [0.25, 0.3) is 50.5 Å². The Morgan fingerprint density at radius 1 is 0.595 bits per heavy atom. The number of imidazole rings is 1. The average Bonchev–Trinajstić information content (AvgIpc) is 3.36. The van der Waals surface area contributed by atoms with Gasteiger partial charge in [0.1, 0.15) is 11.6 Å². The van der Waals surface area contributed by atoms with Crippen molar-refractivity contribution in [3.05, 3.63) is 120 Å². The molecule has 0 bridgehead atoms. The molecule has 0 saturated heterocycles. The Morgan fingerprint density at radius 3 is 1.98 bits per heavy atom. The molecule has 0 radical (unpaired) electrons. The van der Waals surface area contributed by atoms with E-state index in [0.29, 0.717) is 11.4 Å². The lowest BCUT2D eigenvalue weighted by atomic mass is 9.82. The van der Waals surface area contributed by atoms with Crippen molar-refractivity contribution in [3.8, 4) is 45.2 Å². The topological polar surface area (TPSA) is 50.9 Å². The predicted molar refractivity (Wildman–Crippen MR) is 174 cm³/mol. The fourth-order valence-electron chi connectivity index (χ4n) is 5.36. The van der Waals surface area contributed by atoms with Gasteiger partial charge in [0.05, 0.1) is 22.3 Å². The van der Waals surface area contributed by atoms with Gasteiger partial charge in [-0.3, -0.25) is 9.55 Å². The van der Waals surface area contributed by atoms with Crippen molar-refractivity contribution < 1.29 is 5.11 Å². The van der Waals surface area contributed by atoms with Crippen LogP contribution in [0.5, 0.6) is 5.75 Å². The number of phenolic OH excluding ortho intramolecular Hbond substituents is 1. The Balaban J connectivity index is 1.56. The highest BCUT2D eigenvalue weighted by molar-refractivity contribution is 5.96. The molecule has 0 amide bonds. The molecule has 2 aromatic heterocycles. The smallest absolute Gasteiger partial charge is 0.149 e. The first-order chi connectivity index (χ1) is 20.0. The summed E-state index contributed by atoms with van der Waals surface area (Å²) in [7, 11) is 0. The maximum absolute atomic E-state index is 10.8. The number of aromatic nitrogens is 3. The third-order valence-corrected chi connectivity index (χ3v) is 7.77. The van der Waals surface area contributed by atoms with Crippen LogP contribution in [0.4, 0.5) is 0 Å². The predicted octanol–water partition coefficient (Wildman–Crippen LogP) is 9.72. The van der Waals surface area contributed by atoms with Crippen LogP contribution in [-0.2, 0) is 10.8 Å². The molecule has 0 unspecified atom stereocenters. The van der Waals surface area contributed by atoms with Gasteiger partial charge in [-0.15, -0.1) is 0 Å². The Labute approximate surface area is 248 Å². The number of aromatic hydroxyl groups is 1. The van der Waals surface area contributed by atoms with Gasteiger partial charge < -0.3 is 5.11 Å². The maximum atomic E-state index is 10.8. The summed E-state index contributed by atoms with van der Waals surface area (Å²) >= 11 is 0. The first-order valence-electron chi connectivity index (χ1n) is 14.5. The van der Waals surface area contributed by atoms with Crippen molar-refractivity contribution in [2.45, 2.75) is 52.4 Å². The molecule has 0 saturated carbocycles. The Bertz CT molecular complexity index is 1870. The van der Waals surface area contributed by atoms with Crippen molar-refractivity contribution in [1.29, 1.82) is 0 Å². The second-order valence-corrected chi connectivity index (χ2v) is 13.0. The van der Waals surface area contributed by atoms with Crippen LogP contribution in [0.15, 0.2) is 109 Å². The van der Waals surface area contributed by atoms with Gasteiger partial charge in [0.2, 0.25) is 0 Å². The number of rotatable bonds is 4. The van der Waals surface area contributed by atoms with E-state index in [4.69, 9.17) is 9.97 Å². The molecule has 2 heterocycles. The van der Waals surface area contributed by atoms with Crippen molar-refractivity contribution in [1.82, 2.24) is 14.5 Å². The van der Waals surface area contributed by atoms with Crippen LogP contribution in [0.2, 0.25) is 0 Å². The second kappa shape index (κ2) is 10.3. The van der Waals surface area contributed by atoms with E-state index in [2.05, 4.69) is 113 Å². The fourth-order valence-corrected chi connectivity index (χ4v) is 5.36. The molecule has 0 aliphatic rings. The molecule has 4 nitrogen and oxygen atoms in total. The Kier molecular flexibility index (Phi) is 6.73. The van der Waals surface area contributed by atoms with Gasteiger partial charge in [0.15, 0.2) is 0 Å². The molecule has 4 heteroatoms. The molecule has 42 heavy (non-hydrogen) atoms. The van der Waals surface area contributed by atoms with Crippen LogP contribution in [0.3, 0.4) is 0 Å². The van der Waals surface area contributed by atoms with E-state index < -0.39 is 0 Å². The van der Waals surface area contributed by atoms with E-state index in [0.717, 1.165) is 44.8 Å². The molecule has 0 aliphatic heterocycles. The summed E-state index contributed by atoms with van der Waals surface area (Å²) in [4.78, 5) is 10.3. The zero-order valence-electron chi connectivity index (χ0n) is 25.2. The van der Waals surface area contributed by atoms with Crippen molar-refractivity contribution in [3.63, 3.8) is 0 Å². The van der Waals surface area contributed by atoms with Gasteiger partial charge >= 0.3 is 0 Å². The zero-order chi connectivity index (χ0) is 29.6. The third kappa shape index (κ3) is 5.09. The highest BCUT2D eigenvalue weighted by Gasteiger charge is 2.23. The molecule has 4 aromatic carbocycles. The maximum Gasteiger partial charge on any atom is 0.149 e. The van der Waals surface area contributed by atoms with E-state index in [-0.39, 0.29) is 16.6 Å². The van der Waals surface area contributed by atoms with Gasteiger partial charge in [0, 0.05) is 27.9 Å². The van der Waals surface area contributed by atoms with Crippen molar-refractivity contribution >= 4 is 11.0 Å². The highest BCUT2D eigenvalue weighted by atomic mass is 16.3. The lowest BCUT2D eigenvalue weighted by molar-refractivity contribution is 0.477. The van der Waals surface area contributed by atoms with Gasteiger partial charge in [-0.25, -0.2) is 4.98 Å². The molecule has 0 aliphatic carbocycles. The summed E-state index contributed by atoms with van der Waals surface area (Å²) in [5, 5.41) is 10.8. The molecule has 0 atom stereocenters. The number of benzene rings is 4. The number of hydrogen-bond acceptors (Lipinski definition) is 3. The summed E-state index contributed by atoms with van der Waals surface area (Å²) in [5.74, 6) is 0.903. The minimum atomic E-state index is -0.0666. The van der Waals surface area contributed by atoms with Crippen LogP contribution in [0.1, 0.15) is 52.8 Å². The van der Waals surface area contributed by atoms with E-state index in [1.165, 1.54) is 5.56 Å². The Morgan fingerprint density at radius 2 is 1.26 bits per heavy atom. The zero-order valence-corrected chi connectivity index (χ0v) is 25.2. The van der Waals surface area contributed by atoms with E-state index >= 15 is 0 Å². The lowest BCUT2D eigenvalue weighted by Gasteiger charge is -2.25. The molecular weight excluding hydrogens is 514 g/mol. The average molecular weight is 552 g/mol. The van der Waals surface area contributed by atoms with Crippen molar-refractivity contribution in [2.24, 2.45) is 0 Å². The van der Waals surface area contributed by atoms with Crippen LogP contribution in [-0.4, -0.2) is 19.6 Å². The molecular formula is C38H37N3O. The van der Waals surface area contributed by atoms with Crippen LogP contribution in [0, 0.1) is 0 Å². The summed E-state index contributed by atoms with van der Waals surface area (Å²) in [6.45, 7) is 13.4. The van der Waals surface area contributed by atoms with E-state index in [9.17, 15) is 5.11 Å². The van der Waals surface area contributed by atoms with E-state index in [1.54, 1.807) is 6.07 Å². The summed E-state index contributed by atoms with van der Waals surface area (Å²) in [6, 6.07) is 36.9. The molecule has 0 fully saturated rings. The minimum Gasteiger partial charge on any atom is -0.507 e. The fraction of sp³-hybridized carbons (Fsp3) is 0.211. The standard InChI is InChI=1S/C38H37N3O/c1-37(2,3)27-23-31(39-34(24-27)38(4,5)6)26-15-12-14-25(22-26)29-19-13-20-32-35(29)40-36(30-18-10-11-21-33(30)42)41(32)28-16-8-7-9-17-28/h7-24,42H,1-6H3. The molecule has 0 spiro atoms. The van der Waals surface area contributed by atoms with Gasteiger partial charge in [-0.1, -0.05) is 102 Å². The SMILES string of the molecule is CC(C)(C)c1cc(-c2cccc(-c3cccc4c3nc(-c3ccccc3O)n4-c3ccccc3)c2)nc(C(C)(C)C)c1. The quantitative estimate of drug-likeness (QED) is 0.237. The van der Waals surface area contributed by atoms with Crippen molar-refractivity contribution in [2.75, 3.05) is 0 Å². The summed E-state index contributed by atoms with van der Waals surface area (Å²) in [5.41, 5.74) is 9.99. The van der Waals surface area contributed by atoms with Gasteiger partial charge in [-0.05, 0) is 65.1 Å². The summed E-state index contributed by atoms with van der Waals surface area (Å²) < 4.78 is 2.13. The second-order valence-electron chi connectivity index (χ2n) is 13.0. The number of pyridine rings is 1. The Hall–Kier alpha value is -4.70. The van der Waals surface area contributed by atoms with E-state index in [1.807, 2.05) is 36.4 Å². The number of hydrogen-bond donors (Lipinski definition) is 1. The van der Waals surface area contributed by atoms with Gasteiger partial charge in [-0.2, -0.15) is 0 Å². The number of para-hydroxylation sites is 3. The van der Waals surface area contributed by atoms with Crippen LogP contribution < -0.4 is 0 Å². The molecule has 6 rings (SSSR count). The van der Waals surface area contributed by atoms with Gasteiger partial charge in [0.25, 0.3) is 0 Å². The number of fused-ring (bicyclic) bond motifs is 1. The lowest BCUT2D eigenvalue weighted by Crippen LogP contribution is -2.18. The normalized spacial score (nSPS) is 12.1. The highest BCUT2D eigenvalue weighted by Crippen LogP contribution is 2.38. The monoisotopic (exact) mass is 551 g/mol. The first kappa shape index (κ1) is 27.5. The third-order valence-electron chi connectivity index (χ3n) is 7.77. The minimum absolute atomic E-state index is 0.00453. The molecule has 6 aromatic rings. The number of nitrogens with zero attached hydrogens (tertiary/aromatic N) is 3.